The van der Waals surface area contributed by atoms with Gasteiger partial charge in [-0.15, -0.1) is 0 Å². The van der Waals surface area contributed by atoms with Gasteiger partial charge in [0.2, 0.25) is 0 Å². The fourth-order valence-electron chi connectivity index (χ4n) is 4.28. The van der Waals surface area contributed by atoms with Crippen LogP contribution in [0.4, 0.5) is 0 Å². The van der Waals surface area contributed by atoms with Crippen LogP contribution in [-0.4, -0.2) is 21.5 Å². The van der Waals surface area contributed by atoms with Gasteiger partial charge in [-0.25, -0.2) is 0 Å². The van der Waals surface area contributed by atoms with Crippen LogP contribution >= 0.6 is 0 Å². The minimum absolute atomic E-state index is 0.193. The summed E-state index contributed by atoms with van der Waals surface area (Å²) in [5, 5.41) is 11.1. The van der Waals surface area contributed by atoms with E-state index in [0.717, 1.165) is 24.0 Å². The summed E-state index contributed by atoms with van der Waals surface area (Å²) in [7, 11) is 0. The lowest BCUT2D eigenvalue weighted by Gasteiger charge is -2.36. The van der Waals surface area contributed by atoms with E-state index in [1.165, 1.54) is 36.0 Å². The molecule has 1 saturated heterocycles. The fourth-order valence-corrected chi connectivity index (χ4v) is 4.28. The van der Waals surface area contributed by atoms with Gasteiger partial charge in [0.05, 0.1) is 0 Å². The summed E-state index contributed by atoms with van der Waals surface area (Å²) < 4.78 is 0. The first-order valence-electron chi connectivity index (χ1n) is 10.1. The number of aromatic amines is 1. The molecule has 0 saturated carbocycles. The van der Waals surface area contributed by atoms with Crippen LogP contribution < -0.4 is 0 Å². The lowest BCUT2D eigenvalue weighted by atomic mass is 9.86. The second-order valence-electron chi connectivity index (χ2n) is 8.90. The predicted octanol–water partition coefficient (Wildman–Crippen LogP) is 5.90. The molecule has 142 valence electrons. The molecule has 1 fully saturated rings. The summed E-state index contributed by atoms with van der Waals surface area (Å²) in [4.78, 5) is 5.98. The van der Waals surface area contributed by atoms with Gasteiger partial charge >= 0.3 is 0 Å². The Morgan fingerprint density at radius 3 is 2.59 bits per heavy atom. The zero-order valence-electron chi connectivity index (χ0n) is 16.6. The Bertz CT molecular complexity index is 918. The highest BCUT2D eigenvalue weighted by molar-refractivity contribution is 5.85. The fraction of sp³-hybridized carbons (Fsp3) is 0.417. The highest BCUT2D eigenvalue weighted by Crippen LogP contribution is 2.37. The normalized spacial score (nSPS) is 18.9. The summed E-state index contributed by atoms with van der Waals surface area (Å²) in [6.45, 7) is 8.87. The first-order valence-corrected chi connectivity index (χ1v) is 10.1. The Morgan fingerprint density at radius 2 is 1.85 bits per heavy atom. The van der Waals surface area contributed by atoms with Crippen molar-refractivity contribution in [2.45, 2.75) is 58.0 Å². The zero-order chi connectivity index (χ0) is 19.0. The Morgan fingerprint density at radius 1 is 1.07 bits per heavy atom. The van der Waals surface area contributed by atoms with Gasteiger partial charge in [0.15, 0.2) is 0 Å². The number of likely N-dealkylation sites (tertiary alicyclic amines) is 1. The Labute approximate surface area is 162 Å². The third-order valence-corrected chi connectivity index (χ3v) is 5.88. The lowest BCUT2D eigenvalue weighted by Crippen LogP contribution is -2.32. The van der Waals surface area contributed by atoms with Crippen molar-refractivity contribution in [2.75, 3.05) is 6.54 Å². The van der Waals surface area contributed by atoms with Gasteiger partial charge < -0.3 is 10.1 Å². The highest BCUT2D eigenvalue weighted by Gasteiger charge is 2.26. The SMILES string of the molecule is CC(C)(C)c1ccc(CN2CCCCC2c2c[nH]c3ccc(O)cc23)cc1. The molecule has 2 N–H and O–H groups in total. The van der Waals surface area contributed by atoms with Gasteiger partial charge in [-0.2, -0.15) is 0 Å². The molecule has 2 aromatic carbocycles. The van der Waals surface area contributed by atoms with Crippen LogP contribution in [0.1, 0.15) is 62.8 Å². The molecule has 0 spiro atoms. The Balaban J connectivity index is 1.60. The summed E-state index contributed by atoms with van der Waals surface area (Å²) in [5.41, 5.74) is 5.36. The quantitative estimate of drug-likeness (QED) is 0.609. The summed E-state index contributed by atoms with van der Waals surface area (Å²) in [6.07, 6.45) is 5.82. The maximum Gasteiger partial charge on any atom is 0.116 e. The minimum Gasteiger partial charge on any atom is -0.508 e. The van der Waals surface area contributed by atoms with Crippen LogP contribution in [0.3, 0.4) is 0 Å². The van der Waals surface area contributed by atoms with E-state index in [0.29, 0.717) is 11.8 Å². The Hall–Kier alpha value is -2.26. The standard InChI is InChI=1S/C24H30N2O/c1-24(2,3)18-9-7-17(8-10-18)16-26-13-5-4-6-23(26)21-15-25-22-12-11-19(27)14-20(21)22/h7-12,14-15,23,25,27H,4-6,13,16H2,1-3H3. The number of hydrogen-bond donors (Lipinski definition) is 2. The molecule has 0 radical (unpaired) electrons. The zero-order valence-corrected chi connectivity index (χ0v) is 16.6. The number of benzene rings is 2. The predicted molar refractivity (Wildman–Crippen MR) is 112 cm³/mol. The van der Waals surface area contributed by atoms with Crippen LogP contribution in [0.15, 0.2) is 48.7 Å². The van der Waals surface area contributed by atoms with Crippen molar-refractivity contribution >= 4 is 10.9 Å². The molecule has 4 rings (SSSR count). The molecule has 0 aliphatic carbocycles. The van der Waals surface area contributed by atoms with Crippen molar-refractivity contribution in [2.24, 2.45) is 0 Å². The molecular weight excluding hydrogens is 332 g/mol. The minimum atomic E-state index is 0.193. The molecule has 3 aromatic rings. The van der Waals surface area contributed by atoms with Crippen molar-refractivity contribution in [3.05, 3.63) is 65.4 Å². The van der Waals surface area contributed by atoms with E-state index in [-0.39, 0.29) is 5.41 Å². The molecule has 1 aliphatic heterocycles. The molecule has 0 amide bonds. The van der Waals surface area contributed by atoms with E-state index in [1.54, 1.807) is 6.07 Å². The van der Waals surface area contributed by atoms with Crippen LogP contribution in [0, 0.1) is 0 Å². The van der Waals surface area contributed by atoms with Gasteiger partial charge in [-0.1, -0.05) is 51.5 Å². The second-order valence-corrected chi connectivity index (χ2v) is 8.90. The topological polar surface area (TPSA) is 39.3 Å². The van der Waals surface area contributed by atoms with Crippen molar-refractivity contribution in [1.82, 2.24) is 9.88 Å². The number of hydrogen-bond acceptors (Lipinski definition) is 2. The first kappa shape index (κ1) is 18.1. The van der Waals surface area contributed by atoms with E-state index in [4.69, 9.17) is 0 Å². The van der Waals surface area contributed by atoms with Crippen LogP contribution in [0.5, 0.6) is 5.75 Å². The second kappa shape index (κ2) is 7.05. The van der Waals surface area contributed by atoms with Crippen molar-refractivity contribution in [3.63, 3.8) is 0 Å². The molecule has 2 heterocycles. The molecule has 27 heavy (non-hydrogen) atoms. The maximum atomic E-state index is 9.94. The maximum absolute atomic E-state index is 9.94. The summed E-state index contributed by atoms with van der Waals surface area (Å²) in [5.74, 6) is 0.337. The van der Waals surface area contributed by atoms with E-state index in [2.05, 4.69) is 61.1 Å². The third-order valence-electron chi connectivity index (χ3n) is 5.88. The van der Waals surface area contributed by atoms with E-state index in [9.17, 15) is 5.11 Å². The van der Waals surface area contributed by atoms with Gasteiger partial charge in [0.25, 0.3) is 0 Å². The number of aromatic hydroxyl groups is 1. The summed E-state index contributed by atoms with van der Waals surface area (Å²) >= 11 is 0. The van der Waals surface area contributed by atoms with E-state index >= 15 is 0 Å². The number of nitrogens with one attached hydrogen (secondary N) is 1. The number of nitrogens with zero attached hydrogens (tertiary/aromatic N) is 1. The first-order chi connectivity index (χ1) is 12.9. The van der Waals surface area contributed by atoms with Gasteiger partial charge in [0, 0.05) is 29.7 Å². The average molecular weight is 363 g/mol. The number of piperidine rings is 1. The van der Waals surface area contributed by atoms with E-state index in [1.807, 2.05) is 12.1 Å². The van der Waals surface area contributed by atoms with Gasteiger partial charge in [0.1, 0.15) is 5.75 Å². The molecular formula is C24H30N2O. The van der Waals surface area contributed by atoms with Crippen LogP contribution in [0.2, 0.25) is 0 Å². The smallest absolute Gasteiger partial charge is 0.116 e. The molecule has 1 aromatic heterocycles. The highest BCUT2D eigenvalue weighted by atomic mass is 16.3. The number of fused-ring (bicyclic) bond motifs is 1. The van der Waals surface area contributed by atoms with Crippen molar-refractivity contribution in [3.8, 4) is 5.75 Å². The molecule has 1 aliphatic rings. The molecule has 3 heteroatoms. The molecule has 0 bridgehead atoms. The Kier molecular flexibility index (Phi) is 4.73. The number of aromatic nitrogens is 1. The number of phenolic OH excluding ortho intramolecular Hbond substituents is 1. The lowest BCUT2D eigenvalue weighted by molar-refractivity contribution is 0.141. The number of phenols is 1. The largest absolute Gasteiger partial charge is 0.508 e. The average Bonchev–Trinajstić information content (AvgIpc) is 3.05. The van der Waals surface area contributed by atoms with E-state index < -0.39 is 0 Å². The molecule has 3 nitrogen and oxygen atoms in total. The van der Waals surface area contributed by atoms with Crippen molar-refractivity contribution in [1.29, 1.82) is 0 Å². The number of H-pyrrole nitrogens is 1. The van der Waals surface area contributed by atoms with Crippen LogP contribution in [-0.2, 0) is 12.0 Å². The van der Waals surface area contributed by atoms with Gasteiger partial charge in [-0.05, 0) is 59.7 Å². The van der Waals surface area contributed by atoms with Gasteiger partial charge in [-0.3, -0.25) is 4.90 Å². The monoisotopic (exact) mass is 362 g/mol. The summed E-state index contributed by atoms with van der Waals surface area (Å²) in [6, 6.07) is 15.1. The van der Waals surface area contributed by atoms with Crippen LogP contribution in [0.25, 0.3) is 10.9 Å². The third kappa shape index (κ3) is 3.74. The van der Waals surface area contributed by atoms with Crippen molar-refractivity contribution < 1.29 is 5.11 Å². The molecule has 1 unspecified atom stereocenters. The molecule has 1 atom stereocenters. The number of rotatable bonds is 3.